The van der Waals surface area contributed by atoms with E-state index < -0.39 is 15.9 Å². The average Bonchev–Trinajstić information content (AvgIpc) is 2.79. The van der Waals surface area contributed by atoms with Gasteiger partial charge in [-0.05, 0) is 55.0 Å². The van der Waals surface area contributed by atoms with Crippen LogP contribution < -0.4 is 19.5 Å². The van der Waals surface area contributed by atoms with Crippen LogP contribution in [0.1, 0.15) is 29.8 Å². The monoisotopic (exact) mass is 454 g/mol. The van der Waals surface area contributed by atoms with Crippen LogP contribution in [0.15, 0.2) is 77.7 Å². The Morgan fingerprint density at radius 1 is 0.906 bits per heavy atom. The van der Waals surface area contributed by atoms with Gasteiger partial charge in [-0.1, -0.05) is 37.3 Å². The fraction of sp³-hybridized carbons (Fsp3) is 0.208. The molecule has 1 amide bonds. The zero-order valence-corrected chi connectivity index (χ0v) is 18.8. The van der Waals surface area contributed by atoms with Crippen molar-refractivity contribution >= 4 is 21.6 Å². The van der Waals surface area contributed by atoms with E-state index in [0.717, 1.165) is 5.56 Å². The molecule has 3 aromatic rings. The van der Waals surface area contributed by atoms with Gasteiger partial charge in [-0.15, -0.1) is 0 Å². The lowest BCUT2D eigenvalue weighted by Crippen LogP contribution is -2.24. The molecule has 32 heavy (non-hydrogen) atoms. The Labute approximate surface area is 188 Å². The Morgan fingerprint density at radius 3 is 2.28 bits per heavy atom. The zero-order valence-electron chi connectivity index (χ0n) is 18.0. The van der Waals surface area contributed by atoms with Crippen LogP contribution in [-0.4, -0.2) is 27.5 Å². The minimum Gasteiger partial charge on any atom is -0.492 e. The Kier molecular flexibility index (Phi) is 7.86. The van der Waals surface area contributed by atoms with Gasteiger partial charge in [0.05, 0.1) is 6.61 Å². The van der Waals surface area contributed by atoms with Crippen molar-refractivity contribution in [3.63, 3.8) is 0 Å². The van der Waals surface area contributed by atoms with Crippen LogP contribution in [0.3, 0.4) is 0 Å². The number of hydrogen-bond donors (Lipinski definition) is 2. The molecule has 0 bridgehead atoms. The molecule has 7 nitrogen and oxygen atoms in total. The Bertz CT molecular complexity index is 1150. The van der Waals surface area contributed by atoms with E-state index in [1.165, 1.54) is 18.2 Å². The molecule has 0 unspecified atom stereocenters. The summed E-state index contributed by atoms with van der Waals surface area (Å²) in [7, 11) is -3.80. The van der Waals surface area contributed by atoms with Crippen molar-refractivity contribution in [1.29, 1.82) is 0 Å². The van der Waals surface area contributed by atoms with E-state index in [0.29, 0.717) is 24.7 Å². The standard InChI is InChI=1S/C24H26N2O5S/c1-3-25-32(28,29)23-16-19(10-15-22(23)30-4-2)24(27)26-20-11-13-21(14-12-20)31-17-18-8-6-5-7-9-18/h5-16,25H,3-4,17H2,1-2H3,(H,26,27). The average molecular weight is 455 g/mol. The molecule has 168 valence electrons. The van der Waals surface area contributed by atoms with Crippen LogP contribution in [0.2, 0.25) is 0 Å². The lowest BCUT2D eigenvalue weighted by Gasteiger charge is -2.13. The first-order valence-electron chi connectivity index (χ1n) is 10.3. The molecule has 0 aliphatic rings. The van der Waals surface area contributed by atoms with Gasteiger partial charge in [0.1, 0.15) is 23.0 Å². The van der Waals surface area contributed by atoms with Crippen LogP contribution in [0.5, 0.6) is 11.5 Å². The van der Waals surface area contributed by atoms with Gasteiger partial charge >= 0.3 is 0 Å². The summed E-state index contributed by atoms with van der Waals surface area (Å²) in [6.07, 6.45) is 0. The summed E-state index contributed by atoms with van der Waals surface area (Å²) >= 11 is 0. The predicted molar refractivity (Wildman–Crippen MR) is 124 cm³/mol. The fourth-order valence-corrected chi connectivity index (χ4v) is 4.19. The Hall–Kier alpha value is -3.36. The van der Waals surface area contributed by atoms with E-state index >= 15 is 0 Å². The predicted octanol–water partition coefficient (Wildman–Crippen LogP) is 4.21. The number of ether oxygens (including phenoxy) is 2. The minimum atomic E-state index is -3.80. The SMILES string of the molecule is CCNS(=O)(=O)c1cc(C(=O)Nc2ccc(OCc3ccccc3)cc2)ccc1OCC. The van der Waals surface area contributed by atoms with Crippen molar-refractivity contribution in [3.05, 3.63) is 83.9 Å². The molecule has 0 heterocycles. The van der Waals surface area contributed by atoms with Gasteiger partial charge in [0.25, 0.3) is 5.91 Å². The van der Waals surface area contributed by atoms with Gasteiger partial charge in [0, 0.05) is 17.8 Å². The first kappa shape index (κ1) is 23.3. The molecule has 0 spiro atoms. The van der Waals surface area contributed by atoms with Crippen molar-refractivity contribution in [3.8, 4) is 11.5 Å². The number of sulfonamides is 1. The molecule has 0 atom stereocenters. The highest BCUT2D eigenvalue weighted by atomic mass is 32.2. The summed E-state index contributed by atoms with van der Waals surface area (Å²) in [6.45, 7) is 4.42. The molecule has 2 N–H and O–H groups in total. The molecule has 0 saturated heterocycles. The van der Waals surface area contributed by atoms with Crippen LogP contribution in [0.4, 0.5) is 5.69 Å². The molecule has 0 saturated carbocycles. The van der Waals surface area contributed by atoms with E-state index in [1.807, 2.05) is 30.3 Å². The van der Waals surface area contributed by atoms with Crippen molar-refractivity contribution in [1.82, 2.24) is 4.72 Å². The number of carbonyl (C=O) groups excluding carboxylic acids is 1. The molecule has 8 heteroatoms. The smallest absolute Gasteiger partial charge is 0.255 e. The molecular weight excluding hydrogens is 428 g/mol. The normalized spacial score (nSPS) is 11.1. The molecule has 3 aromatic carbocycles. The number of hydrogen-bond acceptors (Lipinski definition) is 5. The number of amides is 1. The van der Waals surface area contributed by atoms with Crippen molar-refractivity contribution in [2.24, 2.45) is 0 Å². The highest BCUT2D eigenvalue weighted by Crippen LogP contribution is 2.26. The van der Waals surface area contributed by atoms with Gasteiger partial charge in [0.15, 0.2) is 0 Å². The summed E-state index contributed by atoms with van der Waals surface area (Å²) in [6, 6.07) is 21.1. The maximum absolute atomic E-state index is 12.7. The molecule has 0 radical (unpaired) electrons. The Morgan fingerprint density at radius 2 is 1.62 bits per heavy atom. The van der Waals surface area contributed by atoms with Gasteiger partial charge in [-0.2, -0.15) is 0 Å². The van der Waals surface area contributed by atoms with Crippen LogP contribution in [-0.2, 0) is 16.6 Å². The summed E-state index contributed by atoms with van der Waals surface area (Å²) in [5.74, 6) is 0.441. The first-order valence-corrected chi connectivity index (χ1v) is 11.8. The van der Waals surface area contributed by atoms with Gasteiger partial charge < -0.3 is 14.8 Å². The van der Waals surface area contributed by atoms with Crippen molar-refractivity contribution in [2.75, 3.05) is 18.5 Å². The first-order chi connectivity index (χ1) is 15.4. The molecule has 0 aliphatic carbocycles. The van der Waals surface area contributed by atoms with Crippen LogP contribution in [0, 0.1) is 0 Å². The summed E-state index contributed by atoms with van der Waals surface area (Å²) in [4.78, 5) is 12.6. The molecule has 0 aromatic heterocycles. The van der Waals surface area contributed by atoms with Gasteiger partial charge in [0.2, 0.25) is 10.0 Å². The van der Waals surface area contributed by atoms with Crippen LogP contribution >= 0.6 is 0 Å². The summed E-state index contributed by atoms with van der Waals surface area (Å²) < 4.78 is 38.7. The third kappa shape index (κ3) is 6.09. The lowest BCUT2D eigenvalue weighted by atomic mass is 10.2. The second-order valence-corrected chi connectivity index (χ2v) is 8.58. The molecule has 0 aliphatic heterocycles. The molecular formula is C24H26N2O5S. The maximum Gasteiger partial charge on any atom is 0.255 e. The van der Waals surface area contributed by atoms with E-state index in [9.17, 15) is 13.2 Å². The highest BCUT2D eigenvalue weighted by Gasteiger charge is 2.21. The number of nitrogens with one attached hydrogen (secondary N) is 2. The molecule has 0 fully saturated rings. The Balaban J connectivity index is 1.71. The maximum atomic E-state index is 12.7. The third-order valence-corrected chi connectivity index (χ3v) is 6.06. The quantitative estimate of drug-likeness (QED) is 0.479. The number of rotatable bonds is 10. The number of carbonyl (C=O) groups is 1. The van der Waals surface area contributed by atoms with E-state index in [2.05, 4.69) is 10.0 Å². The van der Waals surface area contributed by atoms with Crippen molar-refractivity contribution in [2.45, 2.75) is 25.3 Å². The second-order valence-electron chi connectivity index (χ2n) is 6.85. The summed E-state index contributed by atoms with van der Waals surface area (Å²) in [5, 5.41) is 2.77. The number of benzene rings is 3. The van der Waals surface area contributed by atoms with Gasteiger partial charge in [-0.3, -0.25) is 4.79 Å². The summed E-state index contributed by atoms with van der Waals surface area (Å²) in [5.41, 5.74) is 1.82. The minimum absolute atomic E-state index is 0.0708. The fourth-order valence-electron chi connectivity index (χ4n) is 2.98. The lowest BCUT2D eigenvalue weighted by molar-refractivity contribution is 0.102. The topological polar surface area (TPSA) is 93.7 Å². The van der Waals surface area contributed by atoms with Crippen molar-refractivity contribution < 1.29 is 22.7 Å². The van der Waals surface area contributed by atoms with Gasteiger partial charge in [-0.25, -0.2) is 13.1 Å². The number of anilines is 1. The zero-order chi connectivity index (χ0) is 23.0. The molecule has 3 rings (SSSR count). The van der Waals surface area contributed by atoms with E-state index in [-0.39, 0.29) is 22.8 Å². The second kappa shape index (κ2) is 10.8. The van der Waals surface area contributed by atoms with E-state index in [4.69, 9.17) is 9.47 Å². The highest BCUT2D eigenvalue weighted by molar-refractivity contribution is 7.89. The largest absolute Gasteiger partial charge is 0.492 e. The van der Waals surface area contributed by atoms with Crippen LogP contribution in [0.25, 0.3) is 0 Å². The third-order valence-electron chi connectivity index (χ3n) is 4.49. The van der Waals surface area contributed by atoms with E-state index in [1.54, 1.807) is 38.1 Å².